The molecule has 0 saturated heterocycles. The number of fused-ring (bicyclic) bond motifs is 1. The van der Waals surface area contributed by atoms with Crippen LogP contribution >= 0.6 is 0 Å². The van der Waals surface area contributed by atoms with Gasteiger partial charge >= 0.3 is 12.5 Å². The van der Waals surface area contributed by atoms with Gasteiger partial charge in [0.25, 0.3) is 0 Å². The fraction of sp³-hybridized carbons (Fsp3) is 0.105. The topological polar surface area (TPSA) is 61.9 Å². The zero-order valence-electron chi connectivity index (χ0n) is 14.0. The SMILES string of the molecule is O=C(OCc1nc2ccccc2n1C(F)F)c1ccc(-n2cccn2)cc1. The molecule has 8 heteroatoms. The fourth-order valence-electron chi connectivity index (χ4n) is 2.80. The first-order valence-electron chi connectivity index (χ1n) is 8.14. The molecule has 0 saturated carbocycles. The van der Waals surface area contributed by atoms with Gasteiger partial charge < -0.3 is 4.74 Å². The molecular formula is C19H14F2N4O2. The summed E-state index contributed by atoms with van der Waals surface area (Å²) in [5.74, 6) is -0.623. The van der Waals surface area contributed by atoms with E-state index in [1.165, 1.54) is 0 Å². The first kappa shape index (κ1) is 16.9. The molecule has 0 fully saturated rings. The van der Waals surface area contributed by atoms with Crippen molar-refractivity contribution < 1.29 is 18.3 Å². The molecule has 4 rings (SSSR count). The lowest BCUT2D eigenvalue weighted by molar-refractivity contribution is 0.0387. The predicted molar refractivity (Wildman–Crippen MR) is 93.7 cm³/mol. The van der Waals surface area contributed by atoms with Crippen LogP contribution in [-0.2, 0) is 11.3 Å². The standard InChI is InChI=1S/C19H14F2N4O2/c20-19(21)25-16-5-2-1-4-15(16)23-17(25)12-27-18(26)13-6-8-14(9-7-13)24-11-3-10-22-24/h1-11,19H,12H2. The van der Waals surface area contributed by atoms with Gasteiger partial charge in [0, 0.05) is 12.4 Å². The summed E-state index contributed by atoms with van der Waals surface area (Å²) in [6.45, 7) is -3.13. The van der Waals surface area contributed by atoms with Crippen LogP contribution in [0.2, 0.25) is 0 Å². The Labute approximate surface area is 152 Å². The Kier molecular flexibility index (Phi) is 4.37. The van der Waals surface area contributed by atoms with E-state index < -0.39 is 12.5 Å². The number of benzene rings is 2. The van der Waals surface area contributed by atoms with Crippen molar-refractivity contribution in [1.29, 1.82) is 0 Å². The molecule has 0 bridgehead atoms. The summed E-state index contributed by atoms with van der Waals surface area (Å²) >= 11 is 0. The highest BCUT2D eigenvalue weighted by Gasteiger charge is 2.19. The van der Waals surface area contributed by atoms with Crippen LogP contribution in [0.5, 0.6) is 0 Å². The summed E-state index contributed by atoms with van der Waals surface area (Å²) < 4.78 is 34.4. The highest BCUT2D eigenvalue weighted by Crippen LogP contribution is 2.23. The van der Waals surface area contributed by atoms with Crippen LogP contribution < -0.4 is 0 Å². The minimum absolute atomic E-state index is 0.00675. The molecule has 0 amide bonds. The van der Waals surface area contributed by atoms with E-state index in [1.54, 1.807) is 71.7 Å². The van der Waals surface area contributed by atoms with Crippen LogP contribution in [0, 0.1) is 0 Å². The van der Waals surface area contributed by atoms with Crippen LogP contribution in [0.25, 0.3) is 16.7 Å². The molecule has 2 heterocycles. The molecule has 0 aliphatic carbocycles. The fourth-order valence-corrected chi connectivity index (χ4v) is 2.80. The van der Waals surface area contributed by atoms with E-state index in [-0.39, 0.29) is 12.4 Å². The van der Waals surface area contributed by atoms with Gasteiger partial charge in [-0.2, -0.15) is 13.9 Å². The van der Waals surface area contributed by atoms with Crippen molar-refractivity contribution in [3.05, 3.63) is 78.4 Å². The number of hydrogen-bond acceptors (Lipinski definition) is 4. The quantitative estimate of drug-likeness (QED) is 0.500. The van der Waals surface area contributed by atoms with Gasteiger partial charge in [0.05, 0.1) is 22.3 Å². The van der Waals surface area contributed by atoms with Crippen molar-refractivity contribution in [2.45, 2.75) is 13.2 Å². The number of esters is 1. The van der Waals surface area contributed by atoms with E-state index in [0.717, 1.165) is 10.3 Å². The molecule has 2 aromatic heterocycles. The number of para-hydroxylation sites is 2. The highest BCUT2D eigenvalue weighted by atomic mass is 19.3. The molecule has 0 radical (unpaired) electrons. The average Bonchev–Trinajstić information content (AvgIpc) is 3.33. The van der Waals surface area contributed by atoms with Crippen molar-refractivity contribution >= 4 is 17.0 Å². The van der Waals surface area contributed by atoms with Crippen molar-refractivity contribution in [2.24, 2.45) is 0 Å². The summed E-state index contributed by atoms with van der Waals surface area (Å²) in [6.07, 6.45) is 3.43. The Morgan fingerprint density at radius 2 is 1.85 bits per heavy atom. The number of aromatic nitrogens is 4. The monoisotopic (exact) mass is 368 g/mol. The highest BCUT2D eigenvalue weighted by molar-refractivity contribution is 5.89. The molecule has 4 aromatic rings. The molecule has 0 spiro atoms. The summed E-state index contributed by atoms with van der Waals surface area (Å²) in [4.78, 5) is 16.4. The average molecular weight is 368 g/mol. The van der Waals surface area contributed by atoms with E-state index >= 15 is 0 Å². The normalized spacial score (nSPS) is 11.2. The van der Waals surface area contributed by atoms with Gasteiger partial charge in [0.1, 0.15) is 6.61 Å². The maximum atomic E-state index is 13.4. The third-order valence-corrected chi connectivity index (χ3v) is 4.07. The maximum absolute atomic E-state index is 13.4. The smallest absolute Gasteiger partial charge is 0.338 e. The Bertz CT molecular complexity index is 1070. The summed E-state index contributed by atoms with van der Waals surface area (Å²) in [7, 11) is 0. The van der Waals surface area contributed by atoms with Crippen LogP contribution in [0.15, 0.2) is 67.0 Å². The first-order valence-corrected chi connectivity index (χ1v) is 8.14. The van der Waals surface area contributed by atoms with Gasteiger partial charge in [-0.05, 0) is 42.5 Å². The third kappa shape index (κ3) is 3.29. The molecule has 0 unspecified atom stereocenters. The van der Waals surface area contributed by atoms with Crippen LogP contribution in [-0.4, -0.2) is 25.3 Å². The Hall–Kier alpha value is -3.55. The molecule has 0 atom stereocenters. The van der Waals surface area contributed by atoms with E-state index in [0.29, 0.717) is 16.6 Å². The molecule has 0 aliphatic heterocycles. The van der Waals surface area contributed by atoms with Gasteiger partial charge in [0.15, 0.2) is 5.82 Å². The number of ether oxygens (including phenoxy) is 1. The molecule has 27 heavy (non-hydrogen) atoms. The molecule has 2 aromatic carbocycles. The summed E-state index contributed by atoms with van der Waals surface area (Å²) in [5.41, 5.74) is 1.82. The largest absolute Gasteiger partial charge is 0.454 e. The second-order valence-electron chi connectivity index (χ2n) is 5.74. The molecule has 6 nitrogen and oxygen atoms in total. The summed E-state index contributed by atoms with van der Waals surface area (Å²) in [6, 6.07) is 15.0. The Balaban J connectivity index is 1.51. The zero-order chi connectivity index (χ0) is 18.8. The second kappa shape index (κ2) is 6.99. The van der Waals surface area contributed by atoms with Gasteiger partial charge in [-0.1, -0.05) is 12.1 Å². The minimum atomic E-state index is -2.78. The van der Waals surface area contributed by atoms with Gasteiger partial charge in [-0.15, -0.1) is 0 Å². The Morgan fingerprint density at radius 1 is 1.07 bits per heavy atom. The lowest BCUT2D eigenvalue weighted by atomic mass is 10.2. The third-order valence-electron chi connectivity index (χ3n) is 4.07. The van der Waals surface area contributed by atoms with Gasteiger partial charge in [0.2, 0.25) is 0 Å². The van der Waals surface area contributed by atoms with E-state index in [2.05, 4.69) is 10.1 Å². The number of hydrogen-bond donors (Lipinski definition) is 0. The zero-order valence-corrected chi connectivity index (χ0v) is 14.0. The number of carbonyl (C=O) groups excluding carboxylic acids is 1. The number of halogens is 2. The van der Waals surface area contributed by atoms with Gasteiger partial charge in [-0.3, -0.25) is 4.57 Å². The van der Waals surface area contributed by atoms with E-state index in [1.807, 2.05) is 0 Å². The van der Waals surface area contributed by atoms with E-state index in [4.69, 9.17) is 4.74 Å². The van der Waals surface area contributed by atoms with Gasteiger partial charge in [-0.25, -0.2) is 14.5 Å². The summed E-state index contributed by atoms with van der Waals surface area (Å²) in [5, 5.41) is 4.10. The van der Waals surface area contributed by atoms with E-state index in [9.17, 15) is 13.6 Å². The second-order valence-corrected chi connectivity index (χ2v) is 5.74. The molecule has 0 aliphatic rings. The minimum Gasteiger partial charge on any atom is -0.454 e. The van der Waals surface area contributed by atoms with Crippen LogP contribution in [0.1, 0.15) is 22.7 Å². The molecule has 0 N–H and O–H groups in total. The lowest BCUT2D eigenvalue weighted by Gasteiger charge is -2.09. The maximum Gasteiger partial charge on any atom is 0.338 e. The van der Waals surface area contributed by atoms with Crippen molar-refractivity contribution in [3.63, 3.8) is 0 Å². The van der Waals surface area contributed by atoms with Crippen molar-refractivity contribution in [3.8, 4) is 5.69 Å². The number of rotatable bonds is 5. The number of alkyl halides is 2. The van der Waals surface area contributed by atoms with Crippen molar-refractivity contribution in [1.82, 2.24) is 19.3 Å². The Morgan fingerprint density at radius 3 is 2.56 bits per heavy atom. The lowest BCUT2D eigenvalue weighted by Crippen LogP contribution is -2.10. The number of imidazole rings is 1. The molecule has 136 valence electrons. The predicted octanol–water partition coefficient (Wildman–Crippen LogP) is 3.97. The molecular weight excluding hydrogens is 354 g/mol. The van der Waals surface area contributed by atoms with Crippen molar-refractivity contribution in [2.75, 3.05) is 0 Å². The van der Waals surface area contributed by atoms with Crippen LogP contribution in [0.3, 0.4) is 0 Å². The first-order chi connectivity index (χ1) is 13.1. The number of carbonyl (C=O) groups is 1. The number of nitrogens with zero attached hydrogens (tertiary/aromatic N) is 4. The van der Waals surface area contributed by atoms with Crippen LogP contribution in [0.4, 0.5) is 8.78 Å².